The number of hydrogen-bond donors (Lipinski definition) is 0. The van der Waals surface area contributed by atoms with Gasteiger partial charge in [-0.1, -0.05) is 23.9 Å². The van der Waals surface area contributed by atoms with E-state index in [-0.39, 0.29) is 11.7 Å². The van der Waals surface area contributed by atoms with Gasteiger partial charge in [0.2, 0.25) is 0 Å². The van der Waals surface area contributed by atoms with Crippen LogP contribution in [0.15, 0.2) is 29.3 Å². The van der Waals surface area contributed by atoms with Crippen LogP contribution in [0.5, 0.6) is 5.75 Å². The Morgan fingerprint density at radius 3 is 1.96 bits per heavy atom. The molecule has 0 unspecified atom stereocenters. The highest BCUT2D eigenvalue weighted by Gasteiger charge is 2.27. The summed E-state index contributed by atoms with van der Waals surface area (Å²) in [4.78, 5) is 30.2. The molecule has 28 heavy (non-hydrogen) atoms. The summed E-state index contributed by atoms with van der Waals surface area (Å²) in [6.45, 7) is 10.8. The Morgan fingerprint density at radius 2 is 1.54 bits per heavy atom. The molecule has 1 aromatic rings. The molecule has 0 aliphatic rings. The van der Waals surface area contributed by atoms with E-state index in [0.29, 0.717) is 5.75 Å². The zero-order chi connectivity index (χ0) is 21.5. The predicted octanol–water partition coefficient (Wildman–Crippen LogP) is 5.09. The highest BCUT2D eigenvalue weighted by atomic mass is 32.2. The third kappa shape index (κ3) is 8.65. The van der Waals surface area contributed by atoms with E-state index >= 15 is 0 Å². The van der Waals surface area contributed by atoms with Crippen LogP contribution in [-0.4, -0.2) is 46.8 Å². The molecule has 0 saturated heterocycles. The monoisotopic (exact) mass is 410 g/mol. The van der Waals surface area contributed by atoms with Gasteiger partial charge in [-0.3, -0.25) is 4.90 Å². The maximum Gasteiger partial charge on any atom is 0.436 e. The van der Waals surface area contributed by atoms with Crippen molar-refractivity contribution in [3.63, 3.8) is 0 Å². The van der Waals surface area contributed by atoms with Crippen molar-refractivity contribution < 1.29 is 23.8 Å². The van der Waals surface area contributed by atoms with Gasteiger partial charge in [0.05, 0.1) is 13.7 Å². The minimum absolute atomic E-state index is 0.182. The summed E-state index contributed by atoms with van der Waals surface area (Å²) in [6, 6.07) is 7.27. The number of carbonyl (C=O) groups excluding carboxylic acids is 2. The highest BCUT2D eigenvalue weighted by Crippen LogP contribution is 2.19. The van der Waals surface area contributed by atoms with Gasteiger partial charge in [-0.2, -0.15) is 4.99 Å². The fourth-order valence-corrected chi connectivity index (χ4v) is 2.55. The first-order chi connectivity index (χ1) is 12.8. The van der Waals surface area contributed by atoms with Crippen molar-refractivity contribution in [3.05, 3.63) is 29.8 Å². The molecule has 0 radical (unpaired) electrons. The Labute approximate surface area is 171 Å². The first-order valence-electron chi connectivity index (χ1n) is 8.84. The van der Waals surface area contributed by atoms with Crippen LogP contribution in [0.4, 0.5) is 9.59 Å². The molecule has 0 aliphatic carbocycles. The van der Waals surface area contributed by atoms with Crippen molar-refractivity contribution in [2.75, 3.05) is 13.4 Å². The number of aliphatic imine (C=N–C) groups is 1. The van der Waals surface area contributed by atoms with Gasteiger partial charge in [-0.15, -0.1) is 0 Å². The Balaban J connectivity index is 3.18. The van der Waals surface area contributed by atoms with Crippen LogP contribution in [0.25, 0.3) is 0 Å². The molecule has 2 amide bonds. The predicted molar refractivity (Wildman–Crippen MR) is 112 cm³/mol. The third-order valence-corrected chi connectivity index (χ3v) is 3.78. The Kier molecular flexibility index (Phi) is 8.35. The lowest BCUT2D eigenvalue weighted by atomic mass is 10.2. The van der Waals surface area contributed by atoms with Gasteiger partial charge in [-0.05, 0) is 65.5 Å². The summed E-state index contributed by atoms with van der Waals surface area (Å²) in [5.41, 5.74) is -0.542. The number of benzene rings is 1. The van der Waals surface area contributed by atoms with Crippen LogP contribution in [0, 0.1) is 0 Å². The van der Waals surface area contributed by atoms with Gasteiger partial charge >= 0.3 is 12.2 Å². The second-order valence-corrected chi connectivity index (χ2v) is 8.77. The second kappa shape index (κ2) is 9.82. The average Bonchev–Trinajstić information content (AvgIpc) is 2.55. The second-order valence-electron chi connectivity index (χ2n) is 7.99. The van der Waals surface area contributed by atoms with E-state index in [4.69, 9.17) is 14.2 Å². The number of methoxy groups -OCH3 is 1. The SMILES string of the molecule is COc1ccc(CN(C(=O)OC(C)(C)C)/C(=N\C(=O)OC(C)(C)C)SC)cc1. The highest BCUT2D eigenvalue weighted by molar-refractivity contribution is 8.13. The minimum Gasteiger partial charge on any atom is -0.497 e. The number of nitrogens with zero attached hydrogens (tertiary/aromatic N) is 2. The van der Waals surface area contributed by atoms with E-state index in [2.05, 4.69) is 4.99 Å². The van der Waals surface area contributed by atoms with Crippen molar-refractivity contribution >= 4 is 29.1 Å². The van der Waals surface area contributed by atoms with Crippen molar-refractivity contribution in [2.45, 2.75) is 59.3 Å². The summed E-state index contributed by atoms with van der Waals surface area (Å²) in [5, 5.41) is 0.194. The normalized spacial score (nSPS) is 12.4. The van der Waals surface area contributed by atoms with E-state index in [1.54, 1.807) is 67.0 Å². The first-order valence-corrected chi connectivity index (χ1v) is 10.1. The molecule has 8 heteroatoms. The number of carbonyl (C=O) groups is 2. The molecule has 0 aliphatic heterocycles. The quantitative estimate of drug-likeness (QED) is 0.510. The van der Waals surface area contributed by atoms with E-state index in [9.17, 15) is 9.59 Å². The maximum absolute atomic E-state index is 12.8. The van der Waals surface area contributed by atoms with Gasteiger partial charge in [-0.25, -0.2) is 9.59 Å². The molecule has 1 aromatic carbocycles. The zero-order valence-electron chi connectivity index (χ0n) is 17.9. The lowest BCUT2D eigenvalue weighted by Crippen LogP contribution is -2.39. The number of hydrogen-bond acceptors (Lipinski definition) is 6. The van der Waals surface area contributed by atoms with Crippen molar-refractivity contribution in [3.8, 4) is 5.75 Å². The van der Waals surface area contributed by atoms with Gasteiger partial charge in [0.25, 0.3) is 0 Å². The maximum atomic E-state index is 12.8. The molecular weight excluding hydrogens is 380 g/mol. The molecule has 0 atom stereocenters. The average molecular weight is 411 g/mol. The summed E-state index contributed by atoms with van der Waals surface area (Å²) >= 11 is 1.16. The largest absolute Gasteiger partial charge is 0.497 e. The Morgan fingerprint density at radius 1 is 1.00 bits per heavy atom. The number of amidine groups is 1. The lowest BCUT2D eigenvalue weighted by Gasteiger charge is -2.27. The lowest BCUT2D eigenvalue weighted by molar-refractivity contribution is 0.0363. The van der Waals surface area contributed by atoms with Gasteiger partial charge in [0.1, 0.15) is 17.0 Å². The third-order valence-electron chi connectivity index (χ3n) is 3.11. The van der Waals surface area contributed by atoms with Gasteiger partial charge in [0, 0.05) is 0 Å². The molecule has 0 fully saturated rings. The summed E-state index contributed by atoms with van der Waals surface area (Å²) in [6.07, 6.45) is 0.370. The Bertz CT molecular complexity index is 703. The van der Waals surface area contributed by atoms with Crippen LogP contribution >= 0.6 is 11.8 Å². The van der Waals surface area contributed by atoms with E-state index < -0.39 is 23.4 Å². The molecule has 0 spiro atoms. The fraction of sp³-hybridized carbons (Fsp3) is 0.550. The summed E-state index contributed by atoms with van der Waals surface area (Å²) in [5.74, 6) is 0.708. The van der Waals surface area contributed by atoms with Crippen LogP contribution in [0.3, 0.4) is 0 Å². The first kappa shape index (κ1) is 23.8. The zero-order valence-corrected chi connectivity index (χ0v) is 18.7. The fourth-order valence-electron chi connectivity index (χ4n) is 2.02. The number of ether oxygens (including phenoxy) is 3. The van der Waals surface area contributed by atoms with E-state index in [1.165, 1.54) is 4.90 Å². The van der Waals surface area contributed by atoms with Crippen LogP contribution < -0.4 is 4.74 Å². The van der Waals surface area contributed by atoms with Gasteiger partial charge in [0.15, 0.2) is 5.17 Å². The minimum atomic E-state index is -0.764. The molecule has 0 saturated carbocycles. The van der Waals surface area contributed by atoms with Crippen LogP contribution in [-0.2, 0) is 16.0 Å². The van der Waals surface area contributed by atoms with E-state index in [0.717, 1.165) is 17.3 Å². The van der Waals surface area contributed by atoms with Crippen LogP contribution in [0.2, 0.25) is 0 Å². The summed E-state index contributed by atoms with van der Waals surface area (Å²) in [7, 11) is 1.58. The smallest absolute Gasteiger partial charge is 0.436 e. The number of thioether (sulfide) groups is 1. The van der Waals surface area contributed by atoms with Crippen molar-refractivity contribution in [2.24, 2.45) is 4.99 Å². The number of rotatable bonds is 3. The molecule has 0 bridgehead atoms. The van der Waals surface area contributed by atoms with E-state index in [1.807, 2.05) is 12.1 Å². The van der Waals surface area contributed by atoms with Crippen molar-refractivity contribution in [1.82, 2.24) is 4.90 Å². The molecule has 156 valence electrons. The molecule has 1 rings (SSSR count). The topological polar surface area (TPSA) is 77.4 Å². The number of amides is 2. The molecule has 0 N–H and O–H groups in total. The molecular formula is C20H30N2O5S. The molecule has 0 aromatic heterocycles. The Hall–Kier alpha value is -2.22. The summed E-state index contributed by atoms with van der Waals surface area (Å²) < 4.78 is 15.9. The van der Waals surface area contributed by atoms with Crippen molar-refractivity contribution in [1.29, 1.82) is 0 Å². The standard InChI is InChI=1S/C20H30N2O5S/c1-19(2,3)26-17(23)21-16(28-8)22(18(24)27-20(4,5)6)13-14-9-11-15(25-7)12-10-14/h9-12H,13H2,1-8H3/b21-16+. The molecule has 0 heterocycles. The van der Waals surface area contributed by atoms with Gasteiger partial charge < -0.3 is 14.2 Å². The molecule has 7 nitrogen and oxygen atoms in total. The van der Waals surface area contributed by atoms with Crippen LogP contribution in [0.1, 0.15) is 47.1 Å².